The third-order valence-corrected chi connectivity index (χ3v) is 3.75. The molecule has 1 rings (SSSR count). The van der Waals surface area contributed by atoms with Crippen LogP contribution < -0.4 is 4.72 Å². The summed E-state index contributed by atoms with van der Waals surface area (Å²) in [6.45, 7) is -1.18. The molecule has 0 heterocycles. The summed E-state index contributed by atoms with van der Waals surface area (Å²) < 4.78 is 60.8. The van der Waals surface area contributed by atoms with Crippen LogP contribution in [0.5, 0.6) is 0 Å². The zero-order chi connectivity index (χ0) is 16.3. The van der Waals surface area contributed by atoms with Gasteiger partial charge in [-0.2, -0.15) is 13.2 Å². The van der Waals surface area contributed by atoms with Crippen molar-refractivity contribution in [1.82, 2.24) is 4.72 Å². The summed E-state index contributed by atoms with van der Waals surface area (Å²) in [5.74, 6) is -1.81. The molecule has 6 nitrogen and oxygen atoms in total. The van der Waals surface area contributed by atoms with Crippen molar-refractivity contribution in [3.63, 3.8) is 0 Å². The van der Waals surface area contributed by atoms with Crippen LogP contribution >= 0.6 is 0 Å². The lowest BCUT2D eigenvalue weighted by Gasteiger charge is -2.15. The minimum Gasteiger partial charge on any atom is -0.478 e. The van der Waals surface area contributed by atoms with Crippen LogP contribution in [0.25, 0.3) is 0 Å². The third kappa shape index (κ3) is 5.69. The van der Waals surface area contributed by atoms with Crippen LogP contribution in [0, 0.1) is 0 Å². The fraction of sp³-hybridized carbons (Fsp3) is 0.364. The standard InChI is InChI=1S/C11H12F3NO5S/c12-11(13,14)9(16)5-15-21(19,20)6-7-1-3-8(4-2-7)10(17)18/h1-4,9,15-16H,5-6H2,(H,17,18). The second-order valence-electron chi connectivity index (χ2n) is 4.17. The van der Waals surface area contributed by atoms with Crippen LogP contribution in [-0.2, 0) is 15.8 Å². The number of alkyl halides is 3. The molecule has 0 aliphatic rings. The van der Waals surface area contributed by atoms with Crippen molar-refractivity contribution < 1.29 is 36.6 Å². The number of rotatable bonds is 6. The second kappa shape index (κ2) is 6.41. The van der Waals surface area contributed by atoms with Crippen molar-refractivity contribution in [2.75, 3.05) is 6.54 Å². The highest BCUT2D eigenvalue weighted by Crippen LogP contribution is 2.19. The van der Waals surface area contributed by atoms with E-state index in [1.807, 2.05) is 0 Å². The van der Waals surface area contributed by atoms with Crippen molar-refractivity contribution in [3.8, 4) is 0 Å². The summed E-state index contributed by atoms with van der Waals surface area (Å²) in [4.78, 5) is 10.6. The number of carboxylic acid groups (broad SMARTS) is 1. The van der Waals surface area contributed by atoms with E-state index in [-0.39, 0.29) is 11.1 Å². The van der Waals surface area contributed by atoms with Crippen molar-refractivity contribution in [3.05, 3.63) is 35.4 Å². The molecule has 3 N–H and O–H groups in total. The number of hydrogen-bond donors (Lipinski definition) is 3. The van der Waals surface area contributed by atoms with Crippen LogP contribution in [0.2, 0.25) is 0 Å². The van der Waals surface area contributed by atoms with E-state index in [2.05, 4.69) is 0 Å². The lowest BCUT2D eigenvalue weighted by Crippen LogP contribution is -2.41. The van der Waals surface area contributed by atoms with E-state index in [1.54, 1.807) is 4.72 Å². The van der Waals surface area contributed by atoms with Gasteiger partial charge >= 0.3 is 12.1 Å². The van der Waals surface area contributed by atoms with Gasteiger partial charge in [-0.05, 0) is 17.7 Å². The minimum absolute atomic E-state index is 0.0448. The third-order valence-electron chi connectivity index (χ3n) is 2.43. The maximum atomic E-state index is 12.0. The lowest BCUT2D eigenvalue weighted by molar-refractivity contribution is -0.200. The Labute approximate surface area is 118 Å². The number of carboxylic acids is 1. The monoisotopic (exact) mass is 327 g/mol. The molecule has 0 saturated heterocycles. The molecule has 1 aromatic carbocycles. The first-order chi connectivity index (χ1) is 9.51. The van der Waals surface area contributed by atoms with E-state index in [4.69, 9.17) is 10.2 Å². The quantitative estimate of drug-likeness (QED) is 0.714. The fourth-order valence-corrected chi connectivity index (χ4v) is 2.48. The molecule has 0 aliphatic heterocycles. The van der Waals surface area contributed by atoms with Crippen molar-refractivity contribution in [2.45, 2.75) is 18.0 Å². The van der Waals surface area contributed by atoms with Crippen LogP contribution in [0.15, 0.2) is 24.3 Å². The molecule has 1 atom stereocenters. The predicted molar refractivity (Wildman–Crippen MR) is 66.1 cm³/mol. The molecule has 118 valence electrons. The highest BCUT2D eigenvalue weighted by atomic mass is 32.2. The highest BCUT2D eigenvalue weighted by molar-refractivity contribution is 7.88. The van der Waals surface area contributed by atoms with Gasteiger partial charge in [-0.25, -0.2) is 17.9 Å². The van der Waals surface area contributed by atoms with Crippen molar-refractivity contribution >= 4 is 16.0 Å². The van der Waals surface area contributed by atoms with Gasteiger partial charge in [0, 0.05) is 6.54 Å². The molecular formula is C11H12F3NO5S. The Morgan fingerprint density at radius 3 is 2.19 bits per heavy atom. The molecule has 0 radical (unpaired) electrons. The van der Waals surface area contributed by atoms with Crippen LogP contribution in [0.1, 0.15) is 15.9 Å². The molecule has 0 spiro atoms. The molecule has 1 unspecified atom stereocenters. The molecular weight excluding hydrogens is 315 g/mol. The van der Waals surface area contributed by atoms with Crippen LogP contribution in [0.4, 0.5) is 13.2 Å². The van der Waals surface area contributed by atoms with E-state index in [1.165, 1.54) is 24.3 Å². The Bertz CT molecular complexity index is 597. The number of halogens is 3. The van der Waals surface area contributed by atoms with Crippen LogP contribution in [-0.4, -0.2) is 43.4 Å². The zero-order valence-electron chi connectivity index (χ0n) is 10.5. The van der Waals surface area contributed by atoms with E-state index in [0.717, 1.165) is 0 Å². The van der Waals surface area contributed by atoms with Gasteiger partial charge in [-0.1, -0.05) is 12.1 Å². The summed E-state index contributed by atoms with van der Waals surface area (Å²) in [6.07, 6.45) is -7.70. The van der Waals surface area contributed by atoms with Gasteiger partial charge in [0.25, 0.3) is 0 Å². The molecule has 10 heteroatoms. The zero-order valence-corrected chi connectivity index (χ0v) is 11.3. The number of sulfonamides is 1. The van der Waals surface area contributed by atoms with Gasteiger partial charge < -0.3 is 10.2 Å². The predicted octanol–water partition coefficient (Wildman–Crippen LogP) is 0.727. The topological polar surface area (TPSA) is 104 Å². The summed E-state index contributed by atoms with van der Waals surface area (Å²) >= 11 is 0. The largest absolute Gasteiger partial charge is 0.478 e. The van der Waals surface area contributed by atoms with Gasteiger partial charge in [0.1, 0.15) is 0 Å². The van der Waals surface area contributed by atoms with E-state index in [9.17, 15) is 26.4 Å². The molecule has 0 aliphatic carbocycles. The smallest absolute Gasteiger partial charge is 0.415 e. The van der Waals surface area contributed by atoms with Crippen LogP contribution in [0.3, 0.4) is 0 Å². The van der Waals surface area contributed by atoms with E-state index in [0.29, 0.717) is 0 Å². The lowest BCUT2D eigenvalue weighted by atomic mass is 10.1. The van der Waals surface area contributed by atoms with Gasteiger partial charge in [0.2, 0.25) is 10.0 Å². The number of aliphatic hydroxyl groups is 1. The highest BCUT2D eigenvalue weighted by Gasteiger charge is 2.38. The number of benzene rings is 1. The normalized spacial score (nSPS) is 13.9. The second-order valence-corrected chi connectivity index (χ2v) is 5.97. The average molecular weight is 327 g/mol. The first kappa shape index (κ1) is 17.4. The molecule has 0 bridgehead atoms. The molecule has 1 aromatic rings. The molecule has 0 aromatic heterocycles. The average Bonchev–Trinajstić information content (AvgIpc) is 2.35. The maximum Gasteiger partial charge on any atom is 0.415 e. The number of hydrogen-bond acceptors (Lipinski definition) is 4. The van der Waals surface area contributed by atoms with Gasteiger partial charge in [0.05, 0.1) is 11.3 Å². The Morgan fingerprint density at radius 2 is 1.76 bits per heavy atom. The maximum absolute atomic E-state index is 12.0. The Balaban J connectivity index is 2.66. The number of nitrogens with one attached hydrogen (secondary N) is 1. The summed E-state index contributed by atoms with van der Waals surface area (Å²) in [6, 6.07) is 4.83. The Morgan fingerprint density at radius 1 is 1.24 bits per heavy atom. The van der Waals surface area contributed by atoms with Gasteiger partial charge in [-0.15, -0.1) is 0 Å². The minimum atomic E-state index is -4.91. The first-order valence-electron chi connectivity index (χ1n) is 5.55. The Kier molecular flexibility index (Phi) is 5.31. The Hall–Kier alpha value is -1.65. The SMILES string of the molecule is O=C(O)c1ccc(CS(=O)(=O)NCC(O)C(F)(F)F)cc1. The molecule has 0 saturated carbocycles. The van der Waals surface area contributed by atoms with E-state index >= 15 is 0 Å². The summed E-state index contributed by atoms with van der Waals surface area (Å²) in [7, 11) is -4.08. The fourth-order valence-electron chi connectivity index (χ4n) is 1.34. The summed E-state index contributed by atoms with van der Waals surface area (Å²) in [5.41, 5.74) is 0.158. The molecule has 0 amide bonds. The van der Waals surface area contributed by atoms with E-state index < -0.39 is 40.6 Å². The van der Waals surface area contributed by atoms with Gasteiger partial charge in [-0.3, -0.25) is 0 Å². The van der Waals surface area contributed by atoms with Gasteiger partial charge in [0.15, 0.2) is 6.10 Å². The van der Waals surface area contributed by atoms with Crippen molar-refractivity contribution in [2.24, 2.45) is 0 Å². The number of aliphatic hydroxyl groups excluding tert-OH is 1. The first-order valence-corrected chi connectivity index (χ1v) is 7.21. The number of aromatic carboxylic acids is 1. The molecule has 21 heavy (non-hydrogen) atoms. The van der Waals surface area contributed by atoms with Crippen molar-refractivity contribution in [1.29, 1.82) is 0 Å². The molecule has 0 fully saturated rings. The summed E-state index contributed by atoms with van der Waals surface area (Å²) in [5, 5.41) is 17.4. The number of carbonyl (C=O) groups is 1.